The fraction of sp³-hybridized carbons (Fsp3) is 0.0909. The smallest absolute Gasteiger partial charge is 0.118 e. The van der Waals surface area contributed by atoms with Gasteiger partial charge in [-0.3, -0.25) is 10.4 Å². The minimum Gasteiger partial charge on any atom is -0.508 e. The molecule has 0 aliphatic heterocycles. The van der Waals surface area contributed by atoms with Gasteiger partial charge in [-0.25, -0.2) is 0 Å². The van der Waals surface area contributed by atoms with Crippen molar-refractivity contribution in [2.24, 2.45) is 4.99 Å². The first kappa shape index (κ1) is 17.4. The molecule has 0 atom stereocenters. The Morgan fingerprint density at radius 3 is 2.08 bits per heavy atom. The largest absolute Gasteiger partial charge is 0.508 e. The van der Waals surface area contributed by atoms with Gasteiger partial charge in [0.2, 0.25) is 0 Å². The van der Waals surface area contributed by atoms with Crippen molar-refractivity contribution in [3.05, 3.63) is 95.1 Å². The Labute approximate surface area is 152 Å². The van der Waals surface area contributed by atoms with E-state index in [2.05, 4.69) is 4.99 Å². The molecule has 0 aliphatic rings. The van der Waals surface area contributed by atoms with Crippen molar-refractivity contribution in [1.29, 1.82) is 5.41 Å². The predicted octanol–water partition coefficient (Wildman–Crippen LogP) is 4.28. The number of rotatable bonds is 5. The number of phenols is 1. The van der Waals surface area contributed by atoms with Crippen LogP contribution in [-0.4, -0.2) is 30.7 Å². The van der Waals surface area contributed by atoms with Crippen LogP contribution in [0.15, 0.2) is 77.8 Å². The maximum Gasteiger partial charge on any atom is 0.118 e. The highest BCUT2D eigenvalue weighted by Gasteiger charge is 2.10. The first-order valence-corrected chi connectivity index (χ1v) is 8.22. The van der Waals surface area contributed by atoms with E-state index in [1.165, 1.54) is 0 Å². The van der Waals surface area contributed by atoms with Crippen molar-refractivity contribution >= 4 is 11.4 Å². The summed E-state index contributed by atoms with van der Waals surface area (Å²) in [5.74, 6) is 0.988. The first-order chi connectivity index (χ1) is 12.6. The van der Waals surface area contributed by atoms with Crippen molar-refractivity contribution in [2.75, 3.05) is 14.2 Å². The Hall–Kier alpha value is -3.40. The molecule has 0 unspecified atom stereocenters. The lowest BCUT2D eigenvalue weighted by atomic mass is 9.96. The second-order valence-corrected chi connectivity index (χ2v) is 5.80. The van der Waals surface area contributed by atoms with Gasteiger partial charge in [-0.15, -0.1) is 0 Å². The average Bonchev–Trinajstić information content (AvgIpc) is 2.69. The molecule has 3 rings (SSSR count). The molecule has 26 heavy (non-hydrogen) atoms. The summed E-state index contributed by atoms with van der Waals surface area (Å²) in [7, 11) is 3.40. The molecule has 130 valence electrons. The third kappa shape index (κ3) is 3.64. The summed E-state index contributed by atoms with van der Waals surface area (Å²) in [6.07, 6.45) is 0. The zero-order valence-corrected chi connectivity index (χ0v) is 14.7. The fourth-order valence-electron chi connectivity index (χ4n) is 2.79. The second-order valence-electron chi connectivity index (χ2n) is 5.80. The van der Waals surface area contributed by atoms with Crippen LogP contribution < -0.4 is 4.74 Å². The molecule has 4 heteroatoms. The van der Waals surface area contributed by atoms with E-state index in [0.717, 1.165) is 33.7 Å². The van der Waals surface area contributed by atoms with Crippen LogP contribution in [-0.2, 0) is 0 Å². The number of ether oxygens (including phenoxy) is 1. The number of nitrogens with zero attached hydrogens (tertiary/aromatic N) is 1. The Kier molecular flexibility index (Phi) is 5.13. The van der Waals surface area contributed by atoms with Gasteiger partial charge in [0.15, 0.2) is 0 Å². The van der Waals surface area contributed by atoms with Crippen molar-refractivity contribution in [2.45, 2.75) is 0 Å². The summed E-state index contributed by atoms with van der Waals surface area (Å²) >= 11 is 0. The third-order valence-electron chi connectivity index (χ3n) is 4.17. The number of hydrogen-bond donors (Lipinski definition) is 2. The molecule has 0 aromatic heterocycles. The summed E-state index contributed by atoms with van der Waals surface area (Å²) in [4.78, 5) is 4.44. The summed E-state index contributed by atoms with van der Waals surface area (Å²) in [5, 5.41) is 17.9. The number of aliphatic imine (C=N–C) groups is 1. The molecule has 3 aromatic carbocycles. The lowest BCUT2D eigenvalue weighted by Crippen LogP contribution is -2.07. The van der Waals surface area contributed by atoms with Gasteiger partial charge < -0.3 is 9.84 Å². The van der Waals surface area contributed by atoms with E-state index in [9.17, 15) is 5.11 Å². The minimum absolute atomic E-state index is 0.190. The van der Waals surface area contributed by atoms with E-state index < -0.39 is 0 Å². The van der Waals surface area contributed by atoms with Crippen molar-refractivity contribution in [3.63, 3.8) is 0 Å². The van der Waals surface area contributed by atoms with Crippen LogP contribution >= 0.6 is 0 Å². The summed E-state index contributed by atoms with van der Waals surface area (Å²) < 4.78 is 5.21. The van der Waals surface area contributed by atoms with Gasteiger partial charge in [-0.1, -0.05) is 18.2 Å². The number of methoxy groups -OCH3 is 1. The molecular weight excluding hydrogens is 324 g/mol. The van der Waals surface area contributed by atoms with Crippen molar-refractivity contribution in [1.82, 2.24) is 0 Å². The zero-order chi connectivity index (χ0) is 18.5. The Balaban J connectivity index is 1.94. The first-order valence-electron chi connectivity index (χ1n) is 8.22. The number of hydrogen-bond acceptors (Lipinski definition) is 4. The lowest BCUT2D eigenvalue weighted by Gasteiger charge is -2.10. The summed E-state index contributed by atoms with van der Waals surface area (Å²) in [6.45, 7) is 0. The van der Waals surface area contributed by atoms with Gasteiger partial charge in [0, 0.05) is 29.3 Å². The van der Waals surface area contributed by atoms with Crippen molar-refractivity contribution < 1.29 is 9.84 Å². The fourth-order valence-corrected chi connectivity index (χ4v) is 2.79. The molecule has 0 bridgehead atoms. The molecule has 0 aliphatic carbocycles. The van der Waals surface area contributed by atoms with Crippen LogP contribution in [0.25, 0.3) is 0 Å². The molecule has 0 spiro atoms. The normalized spacial score (nSPS) is 11.2. The predicted molar refractivity (Wildman–Crippen MR) is 105 cm³/mol. The van der Waals surface area contributed by atoms with Gasteiger partial charge in [0.05, 0.1) is 18.5 Å². The lowest BCUT2D eigenvalue weighted by molar-refractivity contribution is 0.415. The van der Waals surface area contributed by atoms with E-state index in [1.54, 1.807) is 38.4 Å². The maximum atomic E-state index is 9.43. The number of nitrogens with one attached hydrogen (secondary N) is 1. The summed E-state index contributed by atoms with van der Waals surface area (Å²) in [6, 6.07) is 22.2. The minimum atomic E-state index is 0.190. The van der Waals surface area contributed by atoms with Crippen LogP contribution in [0, 0.1) is 5.41 Å². The SMILES string of the molecule is CN=C(c1ccc(OC)cc1)c1cccc(C(=N)c2ccc(O)cc2)c1. The molecule has 0 saturated carbocycles. The topological polar surface area (TPSA) is 65.7 Å². The Bertz CT molecular complexity index is 943. The molecule has 4 nitrogen and oxygen atoms in total. The van der Waals surface area contributed by atoms with Gasteiger partial charge >= 0.3 is 0 Å². The zero-order valence-electron chi connectivity index (χ0n) is 14.7. The van der Waals surface area contributed by atoms with Crippen LogP contribution in [0.1, 0.15) is 22.3 Å². The molecule has 0 amide bonds. The Morgan fingerprint density at radius 2 is 1.46 bits per heavy atom. The van der Waals surface area contributed by atoms with Crippen LogP contribution in [0.3, 0.4) is 0 Å². The number of benzene rings is 3. The van der Waals surface area contributed by atoms with E-state index >= 15 is 0 Å². The number of aromatic hydroxyl groups is 1. The van der Waals surface area contributed by atoms with E-state index in [0.29, 0.717) is 5.71 Å². The quantitative estimate of drug-likeness (QED) is 0.678. The van der Waals surface area contributed by atoms with Crippen LogP contribution in [0.2, 0.25) is 0 Å². The van der Waals surface area contributed by atoms with Gasteiger partial charge in [0.25, 0.3) is 0 Å². The summed E-state index contributed by atoms with van der Waals surface area (Å²) in [5.41, 5.74) is 4.73. The van der Waals surface area contributed by atoms with E-state index in [1.807, 2.05) is 48.5 Å². The second kappa shape index (κ2) is 7.66. The standard InChI is InChI=1S/C22H20N2O2/c1-24-22(16-8-12-20(26-2)13-9-16)18-5-3-4-17(14-18)21(23)15-6-10-19(25)11-7-15/h3-14,23,25H,1-2H3. The van der Waals surface area contributed by atoms with Crippen LogP contribution in [0.5, 0.6) is 11.5 Å². The third-order valence-corrected chi connectivity index (χ3v) is 4.17. The molecule has 0 heterocycles. The Morgan fingerprint density at radius 1 is 0.846 bits per heavy atom. The number of phenolic OH excluding ortho intramolecular Hbond substituents is 1. The van der Waals surface area contributed by atoms with Gasteiger partial charge in [0.1, 0.15) is 11.5 Å². The van der Waals surface area contributed by atoms with E-state index in [-0.39, 0.29) is 5.75 Å². The molecule has 0 saturated heterocycles. The highest BCUT2D eigenvalue weighted by molar-refractivity contribution is 6.16. The average molecular weight is 344 g/mol. The molecule has 2 N–H and O–H groups in total. The molecule has 0 fully saturated rings. The highest BCUT2D eigenvalue weighted by atomic mass is 16.5. The molecule has 0 radical (unpaired) electrons. The monoisotopic (exact) mass is 344 g/mol. The van der Waals surface area contributed by atoms with Crippen LogP contribution in [0.4, 0.5) is 0 Å². The molecular formula is C22H20N2O2. The molecule has 3 aromatic rings. The highest BCUT2D eigenvalue weighted by Crippen LogP contribution is 2.19. The van der Waals surface area contributed by atoms with Gasteiger partial charge in [-0.2, -0.15) is 0 Å². The van der Waals surface area contributed by atoms with Gasteiger partial charge in [-0.05, 0) is 54.6 Å². The maximum absolute atomic E-state index is 9.43. The van der Waals surface area contributed by atoms with E-state index in [4.69, 9.17) is 10.1 Å². The van der Waals surface area contributed by atoms with Crippen molar-refractivity contribution in [3.8, 4) is 11.5 Å².